The summed E-state index contributed by atoms with van der Waals surface area (Å²) in [4.78, 5) is 12.2. The highest BCUT2D eigenvalue weighted by Gasteiger charge is 2.26. The van der Waals surface area contributed by atoms with Gasteiger partial charge in [-0.1, -0.05) is 12.1 Å². The molecule has 0 aromatic heterocycles. The highest BCUT2D eigenvalue weighted by molar-refractivity contribution is 5.78. The van der Waals surface area contributed by atoms with Crippen LogP contribution < -0.4 is 24.3 Å². The molecule has 2 heterocycles. The smallest absolute Gasteiger partial charge is 0.258 e. The summed E-state index contributed by atoms with van der Waals surface area (Å²) in [5.74, 6) is 2.77. The number of benzene rings is 2. The average molecular weight is 355 g/mol. The third-order valence-corrected chi connectivity index (χ3v) is 4.65. The van der Waals surface area contributed by atoms with Crippen LogP contribution in [0.25, 0.3) is 0 Å². The summed E-state index contributed by atoms with van der Waals surface area (Å²) in [5, 5.41) is 2.93. The molecule has 6 heteroatoms. The fourth-order valence-corrected chi connectivity index (χ4v) is 3.39. The largest absolute Gasteiger partial charge is 0.493 e. The van der Waals surface area contributed by atoms with Gasteiger partial charge in [-0.2, -0.15) is 0 Å². The molecule has 0 bridgehead atoms. The van der Waals surface area contributed by atoms with Crippen molar-refractivity contribution in [3.63, 3.8) is 0 Å². The quantitative estimate of drug-likeness (QED) is 0.861. The molecule has 0 saturated carbocycles. The number of hydrogen-bond acceptors (Lipinski definition) is 5. The lowest BCUT2D eigenvalue weighted by molar-refractivity contribution is -0.123. The molecule has 2 aromatic rings. The molecule has 0 fully saturated rings. The van der Waals surface area contributed by atoms with Crippen molar-refractivity contribution in [2.75, 3.05) is 26.9 Å². The Labute approximate surface area is 152 Å². The minimum Gasteiger partial charge on any atom is -0.493 e. The zero-order valence-electron chi connectivity index (χ0n) is 14.7. The van der Waals surface area contributed by atoms with Crippen LogP contribution in [0.15, 0.2) is 30.3 Å². The highest BCUT2D eigenvalue weighted by atomic mass is 16.5. The second-order valence-corrected chi connectivity index (χ2v) is 6.23. The Balaban J connectivity index is 1.41. The maximum absolute atomic E-state index is 12.2. The lowest BCUT2D eigenvalue weighted by Crippen LogP contribution is -2.29. The summed E-state index contributed by atoms with van der Waals surface area (Å²) in [7, 11) is 1.57. The molecule has 0 spiro atoms. The van der Waals surface area contributed by atoms with Gasteiger partial charge in [0, 0.05) is 36.1 Å². The van der Waals surface area contributed by atoms with Gasteiger partial charge >= 0.3 is 0 Å². The van der Waals surface area contributed by atoms with Crippen LogP contribution in [0.2, 0.25) is 0 Å². The van der Waals surface area contributed by atoms with Crippen molar-refractivity contribution >= 4 is 5.91 Å². The molecule has 136 valence electrons. The van der Waals surface area contributed by atoms with E-state index in [2.05, 4.69) is 11.4 Å². The van der Waals surface area contributed by atoms with E-state index in [4.69, 9.17) is 18.9 Å². The number of rotatable bonds is 6. The number of hydrogen-bond donors (Lipinski definition) is 1. The highest BCUT2D eigenvalue weighted by Crippen LogP contribution is 2.40. The fraction of sp³-hybridized carbons (Fsp3) is 0.350. The van der Waals surface area contributed by atoms with Crippen LogP contribution in [-0.4, -0.2) is 32.8 Å². The van der Waals surface area contributed by atoms with Gasteiger partial charge in [0.1, 0.15) is 11.5 Å². The number of carbonyl (C=O) groups excluding carboxylic acids is 1. The minimum absolute atomic E-state index is 0.0745. The van der Waals surface area contributed by atoms with Gasteiger partial charge in [0.05, 0.1) is 20.3 Å². The van der Waals surface area contributed by atoms with Crippen LogP contribution in [-0.2, 0) is 24.2 Å². The Morgan fingerprint density at radius 2 is 1.96 bits per heavy atom. The third kappa shape index (κ3) is 3.14. The normalized spacial score (nSPS) is 14.0. The predicted octanol–water partition coefficient (Wildman–Crippen LogP) is 2.26. The van der Waals surface area contributed by atoms with Crippen LogP contribution in [0.3, 0.4) is 0 Å². The number of carbonyl (C=O) groups is 1. The fourth-order valence-electron chi connectivity index (χ4n) is 3.39. The van der Waals surface area contributed by atoms with Crippen LogP contribution in [0.5, 0.6) is 23.0 Å². The molecule has 26 heavy (non-hydrogen) atoms. The summed E-state index contributed by atoms with van der Waals surface area (Å²) in [6, 6.07) is 9.32. The van der Waals surface area contributed by atoms with Gasteiger partial charge in [-0.3, -0.25) is 4.79 Å². The number of fused-ring (bicyclic) bond motifs is 2. The van der Waals surface area contributed by atoms with Gasteiger partial charge in [0.25, 0.3) is 5.91 Å². The van der Waals surface area contributed by atoms with E-state index in [1.54, 1.807) is 19.2 Å². The second-order valence-electron chi connectivity index (χ2n) is 6.23. The standard InChI is InChI=1S/C20H21NO5/c1-23-16-4-2-3-5-17(16)26-12-19(22)21-11-15-14-7-9-24-18(14)10-13-6-8-25-20(13)15/h2-5,10H,6-9,11-12H2,1H3,(H,21,22). The lowest BCUT2D eigenvalue weighted by atomic mass is 9.99. The zero-order chi connectivity index (χ0) is 17.9. The summed E-state index contributed by atoms with van der Waals surface area (Å²) in [6.07, 6.45) is 1.72. The maximum Gasteiger partial charge on any atom is 0.258 e. The molecular formula is C20H21NO5. The molecule has 2 aliphatic rings. The van der Waals surface area contributed by atoms with E-state index in [1.807, 2.05) is 12.1 Å². The monoisotopic (exact) mass is 355 g/mol. The Bertz CT molecular complexity index is 801. The number of methoxy groups -OCH3 is 1. The van der Waals surface area contributed by atoms with Crippen LogP contribution in [0, 0.1) is 0 Å². The number of amides is 1. The van der Waals surface area contributed by atoms with Crippen LogP contribution in [0.1, 0.15) is 16.7 Å². The van der Waals surface area contributed by atoms with Crippen molar-refractivity contribution in [2.24, 2.45) is 0 Å². The third-order valence-electron chi connectivity index (χ3n) is 4.65. The molecule has 0 atom stereocenters. The minimum atomic E-state index is -0.195. The second kappa shape index (κ2) is 7.15. The summed E-state index contributed by atoms with van der Waals surface area (Å²) < 4.78 is 22.3. The van der Waals surface area contributed by atoms with Gasteiger partial charge < -0.3 is 24.3 Å². The Morgan fingerprint density at radius 3 is 2.81 bits per heavy atom. The van der Waals surface area contributed by atoms with E-state index >= 15 is 0 Å². The predicted molar refractivity (Wildman–Crippen MR) is 95.2 cm³/mol. The SMILES string of the molecule is COc1ccccc1OCC(=O)NCc1c2c(cc3c1OCC3)OCC2. The van der Waals surface area contributed by atoms with E-state index in [0.29, 0.717) is 31.3 Å². The lowest BCUT2D eigenvalue weighted by Gasteiger charge is -2.14. The number of ether oxygens (including phenoxy) is 4. The molecular weight excluding hydrogens is 334 g/mol. The average Bonchev–Trinajstić information content (AvgIpc) is 3.32. The number of nitrogens with one attached hydrogen (secondary N) is 1. The van der Waals surface area contributed by atoms with E-state index in [1.165, 1.54) is 0 Å². The molecule has 0 aliphatic carbocycles. The Hall–Kier alpha value is -2.89. The molecule has 0 radical (unpaired) electrons. The first-order valence-corrected chi connectivity index (χ1v) is 8.72. The molecule has 0 saturated heterocycles. The van der Waals surface area contributed by atoms with Gasteiger partial charge in [-0.25, -0.2) is 0 Å². The van der Waals surface area contributed by atoms with Gasteiger partial charge in [0.15, 0.2) is 18.1 Å². The van der Waals surface area contributed by atoms with E-state index in [-0.39, 0.29) is 12.5 Å². The van der Waals surface area contributed by atoms with Gasteiger partial charge in [-0.05, 0) is 18.2 Å². The Morgan fingerprint density at radius 1 is 1.15 bits per heavy atom. The van der Waals surface area contributed by atoms with Crippen LogP contribution >= 0.6 is 0 Å². The molecule has 2 aromatic carbocycles. The van der Waals surface area contributed by atoms with E-state index in [9.17, 15) is 4.79 Å². The van der Waals surface area contributed by atoms with Crippen LogP contribution in [0.4, 0.5) is 0 Å². The van der Waals surface area contributed by atoms with E-state index in [0.717, 1.165) is 41.0 Å². The van der Waals surface area contributed by atoms with Crippen molar-refractivity contribution in [2.45, 2.75) is 19.4 Å². The van der Waals surface area contributed by atoms with Crippen molar-refractivity contribution < 1.29 is 23.7 Å². The van der Waals surface area contributed by atoms with Gasteiger partial charge in [-0.15, -0.1) is 0 Å². The number of para-hydroxylation sites is 2. The first kappa shape index (κ1) is 16.6. The molecule has 6 nitrogen and oxygen atoms in total. The summed E-state index contributed by atoms with van der Waals surface area (Å²) >= 11 is 0. The maximum atomic E-state index is 12.2. The summed E-state index contributed by atoms with van der Waals surface area (Å²) in [6.45, 7) is 1.68. The first-order chi connectivity index (χ1) is 12.8. The van der Waals surface area contributed by atoms with Crippen molar-refractivity contribution in [3.05, 3.63) is 47.0 Å². The Kier molecular flexibility index (Phi) is 4.56. The van der Waals surface area contributed by atoms with Crippen molar-refractivity contribution in [1.29, 1.82) is 0 Å². The first-order valence-electron chi connectivity index (χ1n) is 8.72. The van der Waals surface area contributed by atoms with Crippen molar-refractivity contribution in [1.82, 2.24) is 5.32 Å². The molecule has 0 unspecified atom stereocenters. The molecule has 1 N–H and O–H groups in total. The van der Waals surface area contributed by atoms with E-state index < -0.39 is 0 Å². The summed E-state index contributed by atoms with van der Waals surface area (Å²) in [5.41, 5.74) is 3.31. The van der Waals surface area contributed by atoms with Crippen molar-refractivity contribution in [3.8, 4) is 23.0 Å². The van der Waals surface area contributed by atoms with Gasteiger partial charge in [0.2, 0.25) is 0 Å². The topological polar surface area (TPSA) is 66.0 Å². The molecule has 2 aliphatic heterocycles. The molecule has 1 amide bonds. The molecule has 4 rings (SSSR count). The zero-order valence-corrected chi connectivity index (χ0v) is 14.7.